The molecule has 138 valence electrons. The fraction of sp³-hybridized carbons (Fsp3) is 0.550. The molecule has 6 heteroatoms. The van der Waals surface area contributed by atoms with Crippen molar-refractivity contribution in [1.82, 2.24) is 24.8 Å². The van der Waals surface area contributed by atoms with Crippen molar-refractivity contribution >= 4 is 0 Å². The first-order chi connectivity index (χ1) is 12.8. The van der Waals surface area contributed by atoms with Gasteiger partial charge in [-0.25, -0.2) is 9.97 Å². The van der Waals surface area contributed by atoms with Crippen LogP contribution in [0.25, 0.3) is 11.5 Å². The molecule has 0 radical (unpaired) electrons. The molecule has 0 aliphatic carbocycles. The molecule has 2 aromatic rings. The highest BCUT2D eigenvalue weighted by Crippen LogP contribution is 2.22. The van der Waals surface area contributed by atoms with Gasteiger partial charge in [0.15, 0.2) is 5.82 Å². The van der Waals surface area contributed by atoms with Gasteiger partial charge >= 0.3 is 0 Å². The van der Waals surface area contributed by atoms with Crippen molar-refractivity contribution in [2.75, 3.05) is 32.8 Å². The second-order valence-electron chi connectivity index (χ2n) is 7.24. The maximum Gasteiger partial charge on any atom is 0.178 e. The van der Waals surface area contributed by atoms with Gasteiger partial charge in [-0.1, -0.05) is 19.4 Å². The third-order valence-corrected chi connectivity index (χ3v) is 5.33. The lowest BCUT2D eigenvalue weighted by Gasteiger charge is -2.48. The van der Waals surface area contributed by atoms with Gasteiger partial charge in [-0.15, -0.1) is 0 Å². The van der Waals surface area contributed by atoms with E-state index in [4.69, 9.17) is 4.74 Å². The number of hydrogen-bond acceptors (Lipinski definition) is 6. The number of ether oxygens (including phenoxy) is 1. The Hall–Kier alpha value is -1.89. The van der Waals surface area contributed by atoms with Crippen LogP contribution in [0, 0.1) is 0 Å². The summed E-state index contributed by atoms with van der Waals surface area (Å²) in [7, 11) is 0. The van der Waals surface area contributed by atoms with Crippen LogP contribution in [0.4, 0.5) is 0 Å². The van der Waals surface area contributed by atoms with Gasteiger partial charge in [0, 0.05) is 62.4 Å². The van der Waals surface area contributed by atoms with Gasteiger partial charge in [-0.2, -0.15) is 0 Å². The van der Waals surface area contributed by atoms with Crippen LogP contribution in [-0.4, -0.2) is 69.7 Å². The fourth-order valence-corrected chi connectivity index (χ4v) is 4.05. The number of hydrogen-bond donors (Lipinski definition) is 0. The molecule has 26 heavy (non-hydrogen) atoms. The number of aromatic nitrogens is 3. The van der Waals surface area contributed by atoms with E-state index in [9.17, 15) is 0 Å². The summed E-state index contributed by atoms with van der Waals surface area (Å²) in [4.78, 5) is 18.5. The number of fused-ring (bicyclic) bond motifs is 1. The summed E-state index contributed by atoms with van der Waals surface area (Å²) in [6, 6.07) is 6.91. The van der Waals surface area contributed by atoms with Crippen molar-refractivity contribution in [3.8, 4) is 11.5 Å². The van der Waals surface area contributed by atoms with Gasteiger partial charge in [0.1, 0.15) is 5.69 Å². The van der Waals surface area contributed by atoms with Gasteiger partial charge in [0.25, 0.3) is 0 Å². The van der Waals surface area contributed by atoms with E-state index in [1.54, 1.807) is 6.20 Å². The molecule has 0 N–H and O–H groups in total. The first-order valence-electron chi connectivity index (χ1n) is 9.61. The van der Waals surface area contributed by atoms with E-state index in [0.717, 1.165) is 50.7 Å². The summed E-state index contributed by atoms with van der Waals surface area (Å²) in [5, 5.41) is 0. The van der Waals surface area contributed by atoms with E-state index in [-0.39, 0.29) is 0 Å². The van der Waals surface area contributed by atoms with Gasteiger partial charge in [-0.05, 0) is 18.6 Å². The quantitative estimate of drug-likeness (QED) is 0.822. The lowest BCUT2D eigenvalue weighted by Crippen LogP contribution is -2.61. The molecular formula is C20H27N5O. The summed E-state index contributed by atoms with van der Waals surface area (Å²) >= 11 is 0. The summed E-state index contributed by atoms with van der Waals surface area (Å²) in [5.41, 5.74) is 1.97. The van der Waals surface area contributed by atoms with Gasteiger partial charge in [-0.3, -0.25) is 14.8 Å². The average molecular weight is 353 g/mol. The van der Waals surface area contributed by atoms with Crippen LogP contribution in [0.3, 0.4) is 0 Å². The molecule has 2 aliphatic rings. The standard InChI is InChI=1S/C20H27N5O/c1-2-5-17-14-26-15-18-13-24(8-9-25(17)18)12-16-10-22-20(23-11-16)19-6-3-4-7-21-19/h3-4,6-7,10-11,17-18H,2,5,8-9,12-15H2,1H3/t17-,18+/m0/s1. The van der Waals surface area contributed by atoms with E-state index in [1.807, 2.05) is 30.6 Å². The Kier molecular flexibility index (Phi) is 5.53. The highest BCUT2D eigenvalue weighted by Gasteiger charge is 2.35. The van der Waals surface area contributed by atoms with E-state index in [1.165, 1.54) is 12.8 Å². The summed E-state index contributed by atoms with van der Waals surface area (Å²) in [6.45, 7) is 8.19. The van der Waals surface area contributed by atoms with Crippen LogP contribution in [0.2, 0.25) is 0 Å². The predicted molar refractivity (Wildman–Crippen MR) is 101 cm³/mol. The monoisotopic (exact) mass is 353 g/mol. The van der Waals surface area contributed by atoms with Crippen molar-refractivity contribution in [2.45, 2.75) is 38.4 Å². The smallest absolute Gasteiger partial charge is 0.178 e. The van der Waals surface area contributed by atoms with Crippen molar-refractivity contribution in [1.29, 1.82) is 0 Å². The molecule has 0 saturated carbocycles. The van der Waals surface area contributed by atoms with Crippen LogP contribution in [0.1, 0.15) is 25.3 Å². The molecule has 2 fully saturated rings. The molecule has 0 unspecified atom stereocenters. The lowest BCUT2D eigenvalue weighted by atomic mass is 10.0. The lowest BCUT2D eigenvalue weighted by molar-refractivity contribution is -0.0840. The number of nitrogens with zero attached hydrogens (tertiary/aromatic N) is 5. The van der Waals surface area contributed by atoms with Crippen LogP contribution < -0.4 is 0 Å². The Balaban J connectivity index is 1.36. The van der Waals surface area contributed by atoms with Crippen molar-refractivity contribution in [3.05, 3.63) is 42.4 Å². The molecule has 2 aromatic heterocycles. The highest BCUT2D eigenvalue weighted by atomic mass is 16.5. The van der Waals surface area contributed by atoms with Gasteiger partial charge in [0.05, 0.1) is 13.2 Å². The summed E-state index contributed by atoms with van der Waals surface area (Å²) < 4.78 is 5.87. The first kappa shape index (κ1) is 17.5. The number of piperazine rings is 1. The molecule has 4 heterocycles. The van der Waals surface area contributed by atoms with Crippen LogP contribution in [-0.2, 0) is 11.3 Å². The summed E-state index contributed by atoms with van der Waals surface area (Å²) in [5.74, 6) is 0.683. The minimum Gasteiger partial charge on any atom is -0.378 e. The zero-order valence-corrected chi connectivity index (χ0v) is 15.4. The molecule has 4 rings (SSSR count). The molecule has 2 atom stereocenters. The predicted octanol–water partition coefficient (Wildman–Crippen LogP) is 2.22. The Morgan fingerprint density at radius 2 is 2.00 bits per heavy atom. The minimum atomic E-state index is 0.516. The number of morpholine rings is 1. The topological polar surface area (TPSA) is 54.4 Å². The normalized spacial score (nSPS) is 24.3. The molecule has 2 aliphatic heterocycles. The first-order valence-corrected chi connectivity index (χ1v) is 9.61. The van der Waals surface area contributed by atoms with Gasteiger partial charge < -0.3 is 4.74 Å². The van der Waals surface area contributed by atoms with E-state index < -0.39 is 0 Å². The Bertz CT molecular complexity index is 691. The van der Waals surface area contributed by atoms with Gasteiger partial charge in [0.2, 0.25) is 0 Å². The van der Waals surface area contributed by atoms with E-state index in [0.29, 0.717) is 17.9 Å². The molecule has 0 spiro atoms. The zero-order chi connectivity index (χ0) is 17.8. The second-order valence-corrected chi connectivity index (χ2v) is 7.24. The largest absolute Gasteiger partial charge is 0.378 e. The molecule has 0 amide bonds. The van der Waals surface area contributed by atoms with E-state index in [2.05, 4.69) is 31.7 Å². The minimum absolute atomic E-state index is 0.516. The SMILES string of the molecule is CCC[C@H]1COC[C@H]2CN(Cc3cnc(-c4ccccn4)nc3)CCN12. The average Bonchev–Trinajstić information content (AvgIpc) is 2.70. The van der Waals surface area contributed by atoms with Crippen molar-refractivity contribution < 1.29 is 4.74 Å². The third kappa shape index (κ3) is 3.92. The summed E-state index contributed by atoms with van der Waals surface area (Å²) in [6.07, 6.45) is 8.09. The molecule has 2 saturated heterocycles. The molecule has 0 aromatic carbocycles. The van der Waals surface area contributed by atoms with Crippen LogP contribution >= 0.6 is 0 Å². The molecule has 6 nitrogen and oxygen atoms in total. The second kappa shape index (κ2) is 8.20. The Morgan fingerprint density at radius 1 is 1.12 bits per heavy atom. The zero-order valence-electron chi connectivity index (χ0n) is 15.4. The van der Waals surface area contributed by atoms with Crippen LogP contribution in [0.15, 0.2) is 36.8 Å². The highest BCUT2D eigenvalue weighted by molar-refractivity contribution is 5.47. The molecular weight excluding hydrogens is 326 g/mol. The maximum atomic E-state index is 5.87. The Labute approximate surface area is 155 Å². The van der Waals surface area contributed by atoms with E-state index >= 15 is 0 Å². The maximum absolute atomic E-state index is 5.87. The number of rotatable bonds is 5. The van der Waals surface area contributed by atoms with Crippen LogP contribution in [0.5, 0.6) is 0 Å². The fourth-order valence-electron chi connectivity index (χ4n) is 4.05. The van der Waals surface area contributed by atoms with Crippen molar-refractivity contribution in [3.63, 3.8) is 0 Å². The Morgan fingerprint density at radius 3 is 2.77 bits per heavy atom. The molecule has 0 bridgehead atoms. The van der Waals surface area contributed by atoms with Crippen molar-refractivity contribution in [2.24, 2.45) is 0 Å². The number of pyridine rings is 1. The third-order valence-electron chi connectivity index (χ3n) is 5.33.